The van der Waals surface area contributed by atoms with Crippen LogP contribution < -0.4 is 0 Å². The van der Waals surface area contributed by atoms with Crippen LogP contribution in [0, 0.1) is 0 Å². The molecule has 0 amide bonds. The van der Waals surface area contributed by atoms with E-state index in [1.807, 2.05) is 17.6 Å². The molecule has 0 saturated carbocycles. The summed E-state index contributed by atoms with van der Waals surface area (Å²) >= 11 is 18.9. The van der Waals surface area contributed by atoms with Crippen molar-refractivity contribution in [1.82, 2.24) is 14.5 Å². The predicted octanol–water partition coefficient (Wildman–Crippen LogP) is 5.03. The molecule has 0 aliphatic rings. The minimum absolute atomic E-state index is 0.283. The van der Waals surface area contributed by atoms with Crippen LogP contribution in [0.2, 0.25) is 10.0 Å². The summed E-state index contributed by atoms with van der Waals surface area (Å²) in [6.45, 7) is 1.86. The Hall–Kier alpha value is -1.29. The fourth-order valence-electron chi connectivity index (χ4n) is 2.16. The smallest absolute Gasteiger partial charge is 0.132 e. The zero-order valence-corrected chi connectivity index (χ0v) is 12.8. The van der Waals surface area contributed by atoms with Gasteiger partial charge in [-0.25, -0.2) is 4.98 Å². The molecule has 3 aromatic rings. The summed E-state index contributed by atoms with van der Waals surface area (Å²) in [6, 6.07) is 7.25. The van der Waals surface area contributed by atoms with Crippen molar-refractivity contribution in [1.29, 1.82) is 0 Å². The summed E-state index contributed by atoms with van der Waals surface area (Å²) in [6.07, 6.45) is 3.40. The highest BCUT2D eigenvalue weighted by molar-refractivity contribution is 6.38. The molecule has 0 fully saturated rings. The SMILES string of the molecule is CC(Cl)c1nc2cnccc2n1-c1c(Cl)cccc1Cl. The molecule has 3 rings (SSSR count). The zero-order valence-electron chi connectivity index (χ0n) is 10.5. The third kappa shape index (κ3) is 2.16. The number of hydrogen-bond donors (Lipinski definition) is 0. The molecule has 2 aromatic heterocycles. The third-order valence-electron chi connectivity index (χ3n) is 3.00. The number of aromatic nitrogens is 3. The molecular formula is C14H10Cl3N3. The first-order valence-corrected chi connectivity index (χ1v) is 7.19. The van der Waals surface area contributed by atoms with E-state index in [0.29, 0.717) is 21.6 Å². The molecule has 0 saturated heterocycles. The number of rotatable bonds is 2. The molecular weight excluding hydrogens is 317 g/mol. The number of imidazole rings is 1. The van der Waals surface area contributed by atoms with Gasteiger partial charge in [0, 0.05) is 6.20 Å². The van der Waals surface area contributed by atoms with Gasteiger partial charge in [0.2, 0.25) is 0 Å². The van der Waals surface area contributed by atoms with Crippen LogP contribution in [0.4, 0.5) is 0 Å². The lowest BCUT2D eigenvalue weighted by molar-refractivity contribution is 0.883. The average Bonchev–Trinajstić information content (AvgIpc) is 2.78. The molecule has 0 aliphatic heterocycles. The molecule has 102 valence electrons. The minimum Gasteiger partial charge on any atom is -0.292 e. The van der Waals surface area contributed by atoms with Crippen LogP contribution in [0.3, 0.4) is 0 Å². The topological polar surface area (TPSA) is 30.7 Å². The highest BCUT2D eigenvalue weighted by Crippen LogP contribution is 2.35. The van der Waals surface area contributed by atoms with Gasteiger partial charge in [0.15, 0.2) is 0 Å². The number of benzene rings is 1. The molecule has 6 heteroatoms. The molecule has 0 aliphatic carbocycles. The number of halogens is 3. The Kier molecular flexibility index (Phi) is 3.59. The van der Waals surface area contributed by atoms with Gasteiger partial charge in [0.05, 0.1) is 32.8 Å². The van der Waals surface area contributed by atoms with Crippen molar-refractivity contribution in [3.8, 4) is 5.69 Å². The largest absolute Gasteiger partial charge is 0.292 e. The van der Waals surface area contributed by atoms with Crippen LogP contribution >= 0.6 is 34.8 Å². The molecule has 1 aromatic carbocycles. The van der Waals surface area contributed by atoms with E-state index in [1.54, 1.807) is 30.6 Å². The minimum atomic E-state index is -0.283. The quantitative estimate of drug-likeness (QED) is 0.619. The van der Waals surface area contributed by atoms with Crippen LogP contribution in [0.15, 0.2) is 36.7 Å². The van der Waals surface area contributed by atoms with Crippen LogP contribution in [0.5, 0.6) is 0 Å². The summed E-state index contributed by atoms with van der Waals surface area (Å²) in [5, 5.41) is 0.814. The average molecular weight is 327 g/mol. The molecule has 3 nitrogen and oxygen atoms in total. The highest BCUT2D eigenvalue weighted by Gasteiger charge is 2.19. The monoisotopic (exact) mass is 325 g/mol. The molecule has 0 N–H and O–H groups in total. The number of nitrogens with zero attached hydrogens (tertiary/aromatic N) is 3. The fourth-order valence-corrected chi connectivity index (χ4v) is 2.87. The summed E-state index contributed by atoms with van der Waals surface area (Å²) in [5.74, 6) is 0.685. The van der Waals surface area contributed by atoms with E-state index < -0.39 is 0 Å². The van der Waals surface area contributed by atoms with Gasteiger partial charge in [-0.3, -0.25) is 9.55 Å². The van der Waals surface area contributed by atoms with Gasteiger partial charge in [-0.05, 0) is 25.1 Å². The summed E-state index contributed by atoms with van der Waals surface area (Å²) < 4.78 is 1.89. The van der Waals surface area contributed by atoms with E-state index in [1.165, 1.54) is 0 Å². The summed E-state index contributed by atoms with van der Waals surface area (Å²) in [5.41, 5.74) is 2.32. The Labute approximate surface area is 131 Å². The first kappa shape index (κ1) is 13.7. The van der Waals surface area contributed by atoms with Crippen molar-refractivity contribution in [2.75, 3.05) is 0 Å². The van der Waals surface area contributed by atoms with Gasteiger partial charge in [-0.2, -0.15) is 0 Å². The lowest BCUT2D eigenvalue weighted by atomic mass is 10.3. The van der Waals surface area contributed by atoms with Crippen molar-refractivity contribution in [3.63, 3.8) is 0 Å². The number of pyridine rings is 1. The maximum atomic E-state index is 6.31. The van der Waals surface area contributed by atoms with Gasteiger partial charge in [0.1, 0.15) is 11.3 Å². The molecule has 0 radical (unpaired) electrons. The second-order valence-electron chi connectivity index (χ2n) is 4.36. The summed E-state index contributed by atoms with van der Waals surface area (Å²) in [4.78, 5) is 8.60. The van der Waals surface area contributed by atoms with Crippen molar-refractivity contribution >= 4 is 45.8 Å². The maximum absolute atomic E-state index is 6.31. The van der Waals surface area contributed by atoms with Crippen LogP contribution in [-0.2, 0) is 0 Å². The number of hydrogen-bond acceptors (Lipinski definition) is 2. The van der Waals surface area contributed by atoms with E-state index in [-0.39, 0.29) is 5.38 Å². The lowest BCUT2D eigenvalue weighted by Crippen LogP contribution is -2.03. The van der Waals surface area contributed by atoms with E-state index in [0.717, 1.165) is 11.0 Å². The second kappa shape index (κ2) is 5.24. The number of alkyl halides is 1. The van der Waals surface area contributed by atoms with E-state index in [4.69, 9.17) is 34.8 Å². The first-order chi connectivity index (χ1) is 9.59. The Balaban J connectivity index is 2.43. The van der Waals surface area contributed by atoms with E-state index in [9.17, 15) is 0 Å². The maximum Gasteiger partial charge on any atom is 0.132 e. The first-order valence-electron chi connectivity index (χ1n) is 6.00. The molecule has 2 heterocycles. The third-order valence-corrected chi connectivity index (χ3v) is 3.80. The highest BCUT2D eigenvalue weighted by atomic mass is 35.5. The van der Waals surface area contributed by atoms with Gasteiger partial charge >= 0.3 is 0 Å². The van der Waals surface area contributed by atoms with Crippen molar-refractivity contribution in [3.05, 3.63) is 52.5 Å². The predicted molar refractivity (Wildman–Crippen MR) is 83.2 cm³/mol. The molecule has 1 atom stereocenters. The Morgan fingerprint density at radius 1 is 1.15 bits per heavy atom. The lowest BCUT2D eigenvalue weighted by Gasteiger charge is -2.13. The Morgan fingerprint density at radius 3 is 2.50 bits per heavy atom. The van der Waals surface area contributed by atoms with E-state index >= 15 is 0 Å². The van der Waals surface area contributed by atoms with Crippen LogP contribution in [0.25, 0.3) is 16.7 Å². The van der Waals surface area contributed by atoms with Crippen LogP contribution in [-0.4, -0.2) is 14.5 Å². The van der Waals surface area contributed by atoms with Crippen molar-refractivity contribution < 1.29 is 0 Å². The fraction of sp³-hybridized carbons (Fsp3) is 0.143. The molecule has 20 heavy (non-hydrogen) atoms. The Bertz CT molecular complexity index is 760. The van der Waals surface area contributed by atoms with Gasteiger partial charge in [-0.15, -0.1) is 11.6 Å². The van der Waals surface area contributed by atoms with Gasteiger partial charge in [0.25, 0.3) is 0 Å². The van der Waals surface area contributed by atoms with Gasteiger partial charge in [-0.1, -0.05) is 29.3 Å². The van der Waals surface area contributed by atoms with Gasteiger partial charge < -0.3 is 0 Å². The molecule has 0 spiro atoms. The standard InChI is InChI=1S/C14H10Cl3N3/c1-8(15)14-19-11-7-18-6-5-12(11)20(14)13-9(16)3-2-4-10(13)17/h2-8H,1H3. The molecule has 0 bridgehead atoms. The number of para-hydroxylation sites is 1. The second-order valence-corrected chi connectivity index (χ2v) is 5.83. The normalized spacial score (nSPS) is 12.8. The Morgan fingerprint density at radius 2 is 1.85 bits per heavy atom. The van der Waals surface area contributed by atoms with E-state index in [2.05, 4.69) is 9.97 Å². The van der Waals surface area contributed by atoms with Crippen molar-refractivity contribution in [2.45, 2.75) is 12.3 Å². The summed E-state index contributed by atoms with van der Waals surface area (Å²) in [7, 11) is 0. The number of fused-ring (bicyclic) bond motifs is 1. The molecule has 1 unspecified atom stereocenters. The van der Waals surface area contributed by atoms with Crippen molar-refractivity contribution in [2.24, 2.45) is 0 Å². The van der Waals surface area contributed by atoms with Crippen LogP contribution in [0.1, 0.15) is 18.1 Å². The zero-order chi connectivity index (χ0) is 14.3.